The minimum absolute atomic E-state index is 0.175. The van der Waals surface area contributed by atoms with Crippen LogP contribution in [-0.2, 0) is 4.74 Å². The molecule has 0 aromatic rings. The van der Waals surface area contributed by atoms with Gasteiger partial charge in [0, 0.05) is 13.1 Å². The van der Waals surface area contributed by atoms with Crippen molar-refractivity contribution >= 4 is 6.09 Å². The average Bonchev–Trinajstić information content (AvgIpc) is 2.85. The van der Waals surface area contributed by atoms with Gasteiger partial charge < -0.3 is 20.7 Å². The molecule has 1 fully saturated rings. The molecule has 2 unspecified atom stereocenters. The third-order valence-corrected chi connectivity index (χ3v) is 4.32. The average molecular weight is 313 g/mol. The second-order valence-electron chi connectivity index (χ2n) is 7.81. The lowest BCUT2D eigenvalue weighted by atomic mass is 9.96. The van der Waals surface area contributed by atoms with Gasteiger partial charge in [0.05, 0.1) is 0 Å². The third kappa shape index (κ3) is 6.97. The predicted octanol–water partition coefficient (Wildman–Crippen LogP) is 2.45. The van der Waals surface area contributed by atoms with E-state index < -0.39 is 5.60 Å². The second kappa shape index (κ2) is 8.73. The van der Waals surface area contributed by atoms with Crippen molar-refractivity contribution in [3.8, 4) is 0 Å². The Balaban J connectivity index is 2.21. The molecule has 1 rings (SSSR count). The van der Waals surface area contributed by atoms with Crippen molar-refractivity contribution in [3.63, 3.8) is 0 Å². The fraction of sp³-hybridized carbons (Fsp3) is 0.941. The van der Waals surface area contributed by atoms with E-state index in [-0.39, 0.29) is 6.09 Å². The Hall–Kier alpha value is -0.810. The van der Waals surface area contributed by atoms with Gasteiger partial charge in [0.2, 0.25) is 0 Å². The summed E-state index contributed by atoms with van der Waals surface area (Å²) in [5.41, 5.74) is 5.37. The maximum absolute atomic E-state index is 12.0. The number of nitrogens with two attached hydrogens (primary N) is 1. The molecular formula is C17H35N3O2. The zero-order valence-electron chi connectivity index (χ0n) is 15.0. The molecule has 0 radical (unpaired) electrons. The molecule has 1 saturated heterocycles. The van der Waals surface area contributed by atoms with Crippen LogP contribution in [0, 0.1) is 17.8 Å². The smallest absolute Gasteiger partial charge is 0.410 e. The van der Waals surface area contributed by atoms with Crippen LogP contribution in [0.25, 0.3) is 0 Å². The first kappa shape index (κ1) is 19.2. The number of ether oxygens (including phenoxy) is 1. The van der Waals surface area contributed by atoms with Gasteiger partial charge in [-0.15, -0.1) is 0 Å². The number of hydrogen-bond acceptors (Lipinski definition) is 4. The molecule has 0 aromatic heterocycles. The number of carbonyl (C=O) groups is 1. The highest BCUT2D eigenvalue weighted by Crippen LogP contribution is 2.21. The third-order valence-electron chi connectivity index (χ3n) is 4.32. The Morgan fingerprint density at radius 1 is 1.41 bits per heavy atom. The van der Waals surface area contributed by atoms with Crippen LogP contribution >= 0.6 is 0 Å². The second-order valence-corrected chi connectivity index (χ2v) is 7.81. The van der Waals surface area contributed by atoms with E-state index in [1.807, 2.05) is 25.7 Å². The topological polar surface area (TPSA) is 67.6 Å². The molecule has 0 spiro atoms. The summed E-state index contributed by atoms with van der Waals surface area (Å²) < 4.78 is 5.43. The summed E-state index contributed by atoms with van der Waals surface area (Å²) in [6, 6.07) is 0. The van der Waals surface area contributed by atoms with Gasteiger partial charge in [0.25, 0.3) is 0 Å². The lowest BCUT2D eigenvalue weighted by Gasteiger charge is -2.24. The number of hydrogen-bond donors (Lipinski definition) is 2. The van der Waals surface area contributed by atoms with E-state index in [0.717, 1.165) is 45.6 Å². The lowest BCUT2D eigenvalue weighted by Crippen LogP contribution is -2.35. The lowest BCUT2D eigenvalue weighted by molar-refractivity contribution is 0.0287. The zero-order chi connectivity index (χ0) is 16.8. The van der Waals surface area contributed by atoms with Gasteiger partial charge in [-0.25, -0.2) is 4.79 Å². The zero-order valence-corrected chi connectivity index (χ0v) is 15.0. The monoisotopic (exact) mass is 313 g/mol. The molecule has 22 heavy (non-hydrogen) atoms. The number of carbonyl (C=O) groups excluding carboxylic acids is 1. The molecule has 2 atom stereocenters. The first-order valence-electron chi connectivity index (χ1n) is 8.61. The fourth-order valence-corrected chi connectivity index (χ4v) is 2.75. The van der Waals surface area contributed by atoms with Crippen LogP contribution in [0.15, 0.2) is 0 Å². The summed E-state index contributed by atoms with van der Waals surface area (Å²) in [7, 11) is 0. The molecule has 3 N–H and O–H groups in total. The number of amides is 1. The predicted molar refractivity (Wildman–Crippen MR) is 90.8 cm³/mol. The maximum Gasteiger partial charge on any atom is 0.410 e. The Morgan fingerprint density at radius 2 is 2.09 bits per heavy atom. The van der Waals surface area contributed by atoms with E-state index in [9.17, 15) is 4.79 Å². The fourth-order valence-electron chi connectivity index (χ4n) is 2.75. The van der Waals surface area contributed by atoms with E-state index in [0.29, 0.717) is 17.8 Å². The number of nitrogens with zero attached hydrogens (tertiary/aromatic N) is 1. The summed E-state index contributed by atoms with van der Waals surface area (Å²) in [5.74, 6) is 1.74. The normalized spacial score (nSPS) is 20.5. The first-order chi connectivity index (χ1) is 10.2. The molecule has 1 aliphatic heterocycles. The molecule has 5 heteroatoms. The molecule has 0 saturated carbocycles. The van der Waals surface area contributed by atoms with Gasteiger partial charge in [-0.1, -0.05) is 13.8 Å². The molecule has 0 aromatic carbocycles. The van der Waals surface area contributed by atoms with E-state index >= 15 is 0 Å². The number of nitrogens with one attached hydrogen (secondary N) is 1. The summed E-state index contributed by atoms with van der Waals surface area (Å²) in [6.45, 7) is 14.5. The van der Waals surface area contributed by atoms with Gasteiger partial charge in [-0.05, 0) is 71.0 Å². The van der Waals surface area contributed by atoms with Crippen molar-refractivity contribution in [1.29, 1.82) is 0 Å². The van der Waals surface area contributed by atoms with Crippen LogP contribution in [0.1, 0.15) is 47.5 Å². The van der Waals surface area contributed by atoms with Gasteiger partial charge >= 0.3 is 6.09 Å². The van der Waals surface area contributed by atoms with Crippen molar-refractivity contribution in [2.24, 2.45) is 23.5 Å². The van der Waals surface area contributed by atoms with E-state index in [1.165, 1.54) is 0 Å². The Bertz CT molecular complexity index is 339. The standard InChI is InChI=1S/C17H35N3O2/c1-13(2)15(10-18)11-19-8-6-14-7-9-20(12-14)16(21)22-17(3,4)5/h13-15,19H,6-12,18H2,1-5H3. The molecule has 0 aliphatic carbocycles. The van der Waals surface area contributed by atoms with Crippen molar-refractivity contribution < 1.29 is 9.53 Å². The van der Waals surface area contributed by atoms with Gasteiger partial charge in [0.1, 0.15) is 5.60 Å². The van der Waals surface area contributed by atoms with Crippen LogP contribution < -0.4 is 11.1 Å². The van der Waals surface area contributed by atoms with Crippen LogP contribution in [0.4, 0.5) is 4.79 Å². The Labute approximate surface area is 135 Å². The van der Waals surface area contributed by atoms with Crippen LogP contribution in [-0.4, -0.2) is 49.3 Å². The Kier molecular flexibility index (Phi) is 7.63. The van der Waals surface area contributed by atoms with Crippen molar-refractivity contribution in [3.05, 3.63) is 0 Å². The van der Waals surface area contributed by atoms with Gasteiger partial charge in [-0.2, -0.15) is 0 Å². The number of likely N-dealkylation sites (tertiary alicyclic amines) is 1. The molecule has 1 amide bonds. The molecular weight excluding hydrogens is 278 g/mol. The largest absolute Gasteiger partial charge is 0.444 e. The van der Waals surface area contributed by atoms with Crippen molar-refractivity contribution in [2.75, 3.05) is 32.7 Å². The highest BCUT2D eigenvalue weighted by Gasteiger charge is 2.29. The maximum atomic E-state index is 12.0. The van der Waals surface area contributed by atoms with Crippen LogP contribution in [0.5, 0.6) is 0 Å². The molecule has 5 nitrogen and oxygen atoms in total. The quantitative estimate of drug-likeness (QED) is 0.709. The molecule has 0 bridgehead atoms. The first-order valence-corrected chi connectivity index (χ1v) is 8.61. The van der Waals surface area contributed by atoms with E-state index in [2.05, 4.69) is 19.2 Å². The minimum Gasteiger partial charge on any atom is -0.444 e. The highest BCUT2D eigenvalue weighted by atomic mass is 16.6. The summed E-state index contributed by atoms with van der Waals surface area (Å²) in [4.78, 5) is 13.9. The SMILES string of the molecule is CC(C)C(CN)CNCCC1CCN(C(=O)OC(C)(C)C)C1. The molecule has 130 valence electrons. The molecule has 1 heterocycles. The van der Waals surface area contributed by atoms with Gasteiger partial charge in [0.15, 0.2) is 0 Å². The van der Waals surface area contributed by atoms with Crippen LogP contribution in [0.3, 0.4) is 0 Å². The van der Waals surface area contributed by atoms with Crippen molar-refractivity contribution in [1.82, 2.24) is 10.2 Å². The van der Waals surface area contributed by atoms with E-state index in [1.54, 1.807) is 0 Å². The Morgan fingerprint density at radius 3 is 2.64 bits per heavy atom. The summed E-state index contributed by atoms with van der Waals surface area (Å²) in [5, 5.41) is 3.51. The molecule has 1 aliphatic rings. The van der Waals surface area contributed by atoms with Gasteiger partial charge in [-0.3, -0.25) is 0 Å². The summed E-state index contributed by atoms with van der Waals surface area (Å²) in [6.07, 6.45) is 2.01. The number of rotatable bonds is 7. The van der Waals surface area contributed by atoms with Crippen LogP contribution in [0.2, 0.25) is 0 Å². The minimum atomic E-state index is -0.412. The highest BCUT2D eigenvalue weighted by molar-refractivity contribution is 5.68. The summed E-state index contributed by atoms with van der Waals surface area (Å²) >= 11 is 0. The van der Waals surface area contributed by atoms with Crippen molar-refractivity contribution in [2.45, 2.75) is 53.1 Å². The van der Waals surface area contributed by atoms with E-state index in [4.69, 9.17) is 10.5 Å².